The summed E-state index contributed by atoms with van der Waals surface area (Å²) in [5.74, 6) is -0.347. The molecule has 0 saturated carbocycles. The first kappa shape index (κ1) is 8.01. The van der Waals surface area contributed by atoms with Gasteiger partial charge in [-0.25, -0.2) is 0 Å². The van der Waals surface area contributed by atoms with Gasteiger partial charge in [-0.05, 0) is 6.42 Å². The second-order valence-electron chi connectivity index (χ2n) is 2.72. The van der Waals surface area contributed by atoms with Gasteiger partial charge in [-0.15, -0.1) is 0 Å². The molecule has 0 spiro atoms. The van der Waals surface area contributed by atoms with E-state index >= 15 is 0 Å². The summed E-state index contributed by atoms with van der Waals surface area (Å²) in [7, 11) is 0. The van der Waals surface area contributed by atoms with Crippen molar-refractivity contribution in [3.05, 3.63) is 24.3 Å². The molecule has 0 aromatic rings. The molecule has 1 aliphatic rings. The molecule has 60 valence electrons. The normalized spacial score (nSPS) is 28.8. The smallest absolute Gasteiger partial charge is 0.229 e. The van der Waals surface area contributed by atoms with E-state index in [0.717, 1.165) is 0 Å². The van der Waals surface area contributed by atoms with Crippen molar-refractivity contribution < 1.29 is 4.79 Å². The summed E-state index contributed by atoms with van der Waals surface area (Å²) in [5, 5.41) is 0. The second kappa shape index (κ2) is 2.88. The van der Waals surface area contributed by atoms with Crippen molar-refractivity contribution in [2.24, 2.45) is 16.9 Å². The maximum Gasteiger partial charge on any atom is 0.229 e. The van der Waals surface area contributed by atoms with Gasteiger partial charge >= 0.3 is 0 Å². The lowest BCUT2D eigenvalue weighted by Gasteiger charge is -2.25. The Morgan fingerprint density at radius 3 is 2.55 bits per heavy atom. The predicted octanol–water partition coefficient (Wildman–Crippen LogP) is -0.0671. The summed E-state index contributed by atoms with van der Waals surface area (Å²) >= 11 is 0. The van der Waals surface area contributed by atoms with Crippen LogP contribution in [0.5, 0.6) is 0 Å². The quantitative estimate of drug-likeness (QED) is 0.581. The molecule has 0 fully saturated rings. The molecular weight excluding hydrogens is 140 g/mol. The molecule has 3 nitrogen and oxygen atoms in total. The van der Waals surface area contributed by atoms with Gasteiger partial charge in [0.05, 0.1) is 5.41 Å². The first-order valence-corrected chi connectivity index (χ1v) is 3.56. The summed E-state index contributed by atoms with van der Waals surface area (Å²) in [6.07, 6.45) is 7.99. The molecule has 4 N–H and O–H groups in total. The van der Waals surface area contributed by atoms with E-state index in [9.17, 15) is 4.79 Å². The Morgan fingerprint density at radius 1 is 1.55 bits per heavy atom. The van der Waals surface area contributed by atoms with Crippen molar-refractivity contribution in [2.45, 2.75) is 6.42 Å². The summed E-state index contributed by atoms with van der Waals surface area (Å²) in [5.41, 5.74) is 10.0. The van der Waals surface area contributed by atoms with Crippen LogP contribution in [0.1, 0.15) is 6.42 Å². The van der Waals surface area contributed by atoms with Crippen LogP contribution in [0.4, 0.5) is 0 Å². The molecule has 1 aliphatic carbocycles. The van der Waals surface area contributed by atoms with E-state index in [4.69, 9.17) is 11.5 Å². The van der Waals surface area contributed by atoms with Crippen molar-refractivity contribution in [2.75, 3.05) is 6.54 Å². The number of rotatable bonds is 2. The fourth-order valence-corrected chi connectivity index (χ4v) is 1.10. The zero-order chi connectivity index (χ0) is 8.32. The third kappa shape index (κ3) is 1.33. The van der Waals surface area contributed by atoms with Crippen LogP contribution in [-0.2, 0) is 4.79 Å². The van der Waals surface area contributed by atoms with Crippen molar-refractivity contribution >= 4 is 5.91 Å². The molecule has 0 saturated heterocycles. The summed E-state index contributed by atoms with van der Waals surface area (Å²) in [6.45, 7) is 0.281. The van der Waals surface area contributed by atoms with E-state index in [0.29, 0.717) is 6.42 Å². The Bertz CT molecular complexity index is 220. The number of primary amides is 1. The Kier molecular flexibility index (Phi) is 2.10. The average molecular weight is 152 g/mol. The number of hydrogen-bond acceptors (Lipinski definition) is 2. The summed E-state index contributed by atoms with van der Waals surface area (Å²) in [4.78, 5) is 11.0. The van der Waals surface area contributed by atoms with Gasteiger partial charge in [-0.1, -0.05) is 24.3 Å². The molecule has 11 heavy (non-hydrogen) atoms. The van der Waals surface area contributed by atoms with E-state index in [2.05, 4.69) is 0 Å². The number of nitrogens with two attached hydrogens (primary N) is 2. The first-order chi connectivity index (χ1) is 5.21. The molecule has 3 heteroatoms. The number of carbonyl (C=O) groups excluding carboxylic acids is 1. The van der Waals surface area contributed by atoms with Crippen molar-refractivity contribution in [1.29, 1.82) is 0 Å². The van der Waals surface area contributed by atoms with Crippen LogP contribution < -0.4 is 11.5 Å². The van der Waals surface area contributed by atoms with Gasteiger partial charge in [0.1, 0.15) is 0 Å². The second-order valence-corrected chi connectivity index (χ2v) is 2.72. The Hall–Kier alpha value is -1.09. The molecule has 0 aliphatic heterocycles. The first-order valence-electron chi connectivity index (χ1n) is 3.56. The SMILES string of the molecule is NCC1(C(N)=O)C=CC=CC1. The molecular formula is C8H12N2O. The van der Waals surface area contributed by atoms with Crippen LogP contribution in [0.3, 0.4) is 0 Å². The van der Waals surface area contributed by atoms with E-state index in [1.807, 2.05) is 12.2 Å². The highest BCUT2D eigenvalue weighted by molar-refractivity contribution is 5.83. The van der Waals surface area contributed by atoms with E-state index in [1.54, 1.807) is 12.2 Å². The zero-order valence-corrected chi connectivity index (χ0v) is 6.29. The van der Waals surface area contributed by atoms with Crippen LogP contribution in [0.2, 0.25) is 0 Å². The maximum absolute atomic E-state index is 11.0. The van der Waals surface area contributed by atoms with E-state index < -0.39 is 5.41 Å². The van der Waals surface area contributed by atoms with Crippen LogP contribution >= 0.6 is 0 Å². The largest absolute Gasteiger partial charge is 0.369 e. The Morgan fingerprint density at radius 2 is 2.27 bits per heavy atom. The third-order valence-corrected chi connectivity index (χ3v) is 2.00. The minimum atomic E-state index is -0.630. The lowest BCUT2D eigenvalue weighted by Crippen LogP contribution is -2.41. The Balaban J connectivity index is 2.85. The van der Waals surface area contributed by atoms with Crippen LogP contribution in [0, 0.1) is 5.41 Å². The van der Waals surface area contributed by atoms with Crippen LogP contribution in [0.25, 0.3) is 0 Å². The molecule has 1 amide bonds. The topological polar surface area (TPSA) is 69.1 Å². The van der Waals surface area contributed by atoms with Gasteiger partial charge < -0.3 is 11.5 Å². The molecule has 1 rings (SSSR count). The molecule has 0 aromatic carbocycles. The molecule has 0 bridgehead atoms. The standard InChI is InChI=1S/C8H12N2O/c9-6-8(7(10)11)4-2-1-3-5-8/h1-4H,5-6,9H2,(H2,10,11). The fourth-order valence-electron chi connectivity index (χ4n) is 1.10. The van der Waals surface area contributed by atoms with E-state index in [-0.39, 0.29) is 12.5 Å². The molecule has 0 heterocycles. The number of allylic oxidation sites excluding steroid dienone is 3. The molecule has 1 unspecified atom stereocenters. The highest BCUT2D eigenvalue weighted by Gasteiger charge is 2.31. The molecule has 1 atom stereocenters. The monoisotopic (exact) mass is 152 g/mol. The Labute approximate surface area is 65.8 Å². The fraction of sp³-hybridized carbons (Fsp3) is 0.375. The van der Waals surface area contributed by atoms with Crippen molar-refractivity contribution in [3.63, 3.8) is 0 Å². The van der Waals surface area contributed by atoms with Crippen molar-refractivity contribution in [1.82, 2.24) is 0 Å². The molecule has 0 radical (unpaired) electrons. The minimum absolute atomic E-state index is 0.281. The number of hydrogen-bond donors (Lipinski definition) is 2. The minimum Gasteiger partial charge on any atom is -0.369 e. The van der Waals surface area contributed by atoms with Crippen molar-refractivity contribution in [3.8, 4) is 0 Å². The lowest BCUT2D eigenvalue weighted by molar-refractivity contribution is -0.124. The summed E-state index contributed by atoms with van der Waals surface area (Å²) in [6, 6.07) is 0. The third-order valence-electron chi connectivity index (χ3n) is 2.00. The van der Waals surface area contributed by atoms with Crippen LogP contribution in [-0.4, -0.2) is 12.5 Å². The average Bonchev–Trinajstić information content (AvgIpc) is 2.05. The highest BCUT2D eigenvalue weighted by Crippen LogP contribution is 2.25. The maximum atomic E-state index is 11.0. The number of amides is 1. The van der Waals surface area contributed by atoms with Gasteiger partial charge in [0.25, 0.3) is 0 Å². The van der Waals surface area contributed by atoms with Gasteiger partial charge in [0.2, 0.25) is 5.91 Å². The summed E-state index contributed by atoms with van der Waals surface area (Å²) < 4.78 is 0. The van der Waals surface area contributed by atoms with E-state index in [1.165, 1.54) is 0 Å². The van der Waals surface area contributed by atoms with Gasteiger partial charge in [0, 0.05) is 6.54 Å². The number of carbonyl (C=O) groups is 1. The molecule has 0 aromatic heterocycles. The van der Waals surface area contributed by atoms with Gasteiger partial charge in [0.15, 0.2) is 0 Å². The van der Waals surface area contributed by atoms with Gasteiger partial charge in [-0.2, -0.15) is 0 Å². The van der Waals surface area contributed by atoms with Crippen LogP contribution in [0.15, 0.2) is 24.3 Å². The zero-order valence-electron chi connectivity index (χ0n) is 6.29. The predicted molar refractivity (Wildman–Crippen MR) is 43.6 cm³/mol. The highest BCUT2D eigenvalue weighted by atomic mass is 16.1. The lowest BCUT2D eigenvalue weighted by atomic mass is 9.81. The van der Waals surface area contributed by atoms with Gasteiger partial charge in [-0.3, -0.25) is 4.79 Å².